The van der Waals surface area contributed by atoms with Crippen LogP contribution in [0.25, 0.3) is 11.1 Å². The van der Waals surface area contributed by atoms with Crippen LogP contribution in [0.2, 0.25) is 0 Å². The highest BCUT2D eigenvalue weighted by Crippen LogP contribution is 2.34. The van der Waals surface area contributed by atoms with Gasteiger partial charge >= 0.3 is 0 Å². The van der Waals surface area contributed by atoms with E-state index >= 15 is 0 Å². The first-order valence-corrected chi connectivity index (χ1v) is 8.66. The highest BCUT2D eigenvalue weighted by molar-refractivity contribution is 5.98. The summed E-state index contributed by atoms with van der Waals surface area (Å²) in [7, 11) is 0. The first-order chi connectivity index (χ1) is 13.3. The summed E-state index contributed by atoms with van der Waals surface area (Å²) < 4.78 is 13.8. The van der Waals surface area contributed by atoms with Crippen molar-refractivity contribution >= 4 is 23.1 Å². The van der Waals surface area contributed by atoms with Crippen molar-refractivity contribution in [3.63, 3.8) is 0 Å². The molecule has 1 aliphatic rings. The Bertz CT molecular complexity index is 1010. The molecule has 4 heteroatoms. The van der Waals surface area contributed by atoms with Gasteiger partial charge in [0.1, 0.15) is 18.1 Å². The third-order valence-corrected chi connectivity index (χ3v) is 4.51. The van der Waals surface area contributed by atoms with E-state index in [4.69, 9.17) is 0 Å². The minimum atomic E-state index is -0.554. The van der Waals surface area contributed by atoms with Gasteiger partial charge in [0, 0.05) is 23.7 Å². The fourth-order valence-corrected chi connectivity index (χ4v) is 3.24. The molecular formula is C23H17FN2O. The molecule has 0 spiro atoms. The standard InChI is InChI=1S/C23H17FN2O/c24-19-9-6-10-20(14-19)26-15-18(22-11-4-5-12-25-22)13-21(23(26)16-27)17-7-2-1-3-8-17/h1-16,23H. The van der Waals surface area contributed by atoms with Crippen LogP contribution >= 0.6 is 0 Å². The van der Waals surface area contributed by atoms with Crippen molar-refractivity contribution in [2.45, 2.75) is 6.04 Å². The minimum absolute atomic E-state index is 0.347. The van der Waals surface area contributed by atoms with Crippen LogP contribution in [0.4, 0.5) is 10.1 Å². The van der Waals surface area contributed by atoms with E-state index in [1.807, 2.05) is 60.8 Å². The molecule has 3 aromatic rings. The Morgan fingerprint density at radius 1 is 0.963 bits per heavy atom. The van der Waals surface area contributed by atoms with Gasteiger partial charge in [0.05, 0.1) is 5.69 Å². The lowest BCUT2D eigenvalue weighted by atomic mass is 9.92. The second-order valence-electron chi connectivity index (χ2n) is 6.23. The number of carbonyl (C=O) groups is 1. The largest absolute Gasteiger partial charge is 0.333 e. The first-order valence-electron chi connectivity index (χ1n) is 8.66. The molecule has 132 valence electrons. The Kier molecular flexibility index (Phi) is 4.62. The lowest BCUT2D eigenvalue weighted by Gasteiger charge is -2.33. The van der Waals surface area contributed by atoms with Gasteiger partial charge in [0.25, 0.3) is 0 Å². The van der Waals surface area contributed by atoms with Crippen LogP contribution in [0.5, 0.6) is 0 Å². The number of hydrogen-bond donors (Lipinski definition) is 0. The maximum Gasteiger partial charge on any atom is 0.147 e. The molecule has 1 aliphatic heterocycles. The highest BCUT2D eigenvalue weighted by Gasteiger charge is 2.27. The number of carbonyl (C=O) groups excluding carboxylic acids is 1. The van der Waals surface area contributed by atoms with Crippen molar-refractivity contribution in [2.75, 3.05) is 4.90 Å². The van der Waals surface area contributed by atoms with Crippen molar-refractivity contribution in [3.05, 3.63) is 108 Å². The Labute approximate surface area is 157 Å². The Morgan fingerprint density at radius 3 is 2.48 bits per heavy atom. The van der Waals surface area contributed by atoms with E-state index in [0.717, 1.165) is 28.7 Å². The summed E-state index contributed by atoms with van der Waals surface area (Å²) in [4.78, 5) is 18.3. The number of benzene rings is 2. The number of aromatic nitrogens is 1. The van der Waals surface area contributed by atoms with Crippen molar-refractivity contribution in [1.29, 1.82) is 0 Å². The molecule has 0 bridgehead atoms. The van der Waals surface area contributed by atoms with Crippen LogP contribution in [-0.4, -0.2) is 17.3 Å². The zero-order valence-corrected chi connectivity index (χ0v) is 14.5. The predicted molar refractivity (Wildman–Crippen MR) is 105 cm³/mol. The van der Waals surface area contributed by atoms with Crippen molar-refractivity contribution in [2.24, 2.45) is 0 Å². The van der Waals surface area contributed by atoms with Gasteiger partial charge in [0.2, 0.25) is 0 Å². The SMILES string of the molecule is O=CC1C(c2ccccc2)=CC(c2ccccn2)=CN1c1cccc(F)c1. The zero-order chi connectivity index (χ0) is 18.6. The molecule has 4 rings (SSSR count). The quantitative estimate of drug-likeness (QED) is 0.634. The molecule has 0 saturated heterocycles. The summed E-state index contributed by atoms with van der Waals surface area (Å²) in [6, 6.07) is 21.1. The smallest absolute Gasteiger partial charge is 0.147 e. The predicted octanol–water partition coefficient (Wildman–Crippen LogP) is 4.73. The number of pyridine rings is 1. The number of anilines is 1. The molecule has 0 saturated carbocycles. The Hall–Kier alpha value is -3.53. The van der Waals surface area contributed by atoms with Crippen LogP contribution in [0.15, 0.2) is 91.3 Å². The summed E-state index contributed by atoms with van der Waals surface area (Å²) in [6.45, 7) is 0. The maximum absolute atomic E-state index is 13.8. The number of hydrogen-bond acceptors (Lipinski definition) is 3. The summed E-state index contributed by atoms with van der Waals surface area (Å²) in [5.74, 6) is -0.347. The van der Waals surface area contributed by atoms with Crippen molar-refractivity contribution < 1.29 is 9.18 Å². The minimum Gasteiger partial charge on any atom is -0.333 e. The number of allylic oxidation sites excluding steroid dienone is 2. The molecule has 3 nitrogen and oxygen atoms in total. The Balaban J connectivity index is 1.89. The maximum atomic E-state index is 13.8. The summed E-state index contributed by atoms with van der Waals surface area (Å²) in [5.41, 5.74) is 4.05. The van der Waals surface area contributed by atoms with Crippen LogP contribution in [0, 0.1) is 5.82 Å². The van der Waals surface area contributed by atoms with Gasteiger partial charge in [-0.1, -0.05) is 42.5 Å². The van der Waals surface area contributed by atoms with Gasteiger partial charge in [-0.3, -0.25) is 4.98 Å². The molecule has 27 heavy (non-hydrogen) atoms. The van der Waals surface area contributed by atoms with E-state index in [2.05, 4.69) is 4.98 Å². The molecular weight excluding hydrogens is 339 g/mol. The molecule has 1 unspecified atom stereocenters. The van der Waals surface area contributed by atoms with E-state index < -0.39 is 6.04 Å². The van der Waals surface area contributed by atoms with Gasteiger partial charge in [-0.05, 0) is 47.5 Å². The van der Waals surface area contributed by atoms with Gasteiger partial charge in [-0.25, -0.2) is 4.39 Å². The number of aldehydes is 1. The number of halogens is 1. The van der Waals surface area contributed by atoms with Gasteiger partial charge in [-0.15, -0.1) is 0 Å². The van der Waals surface area contributed by atoms with Crippen molar-refractivity contribution in [3.8, 4) is 0 Å². The first kappa shape index (κ1) is 16.9. The summed E-state index contributed by atoms with van der Waals surface area (Å²) >= 11 is 0. The topological polar surface area (TPSA) is 33.2 Å². The van der Waals surface area contributed by atoms with E-state index in [-0.39, 0.29) is 5.82 Å². The monoisotopic (exact) mass is 356 g/mol. The van der Waals surface area contributed by atoms with Crippen LogP contribution < -0.4 is 4.90 Å². The summed E-state index contributed by atoms with van der Waals surface area (Å²) in [6.07, 6.45) is 6.44. The molecule has 0 amide bonds. The summed E-state index contributed by atoms with van der Waals surface area (Å²) in [5, 5.41) is 0. The molecule has 0 aliphatic carbocycles. The van der Waals surface area contributed by atoms with E-state index in [9.17, 15) is 9.18 Å². The average Bonchev–Trinajstić information content (AvgIpc) is 2.74. The highest BCUT2D eigenvalue weighted by atomic mass is 19.1. The van der Waals surface area contributed by atoms with E-state index in [1.54, 1.807) is 23.2 Å². The number of nitrogens with zero attached hydrogens (tertiary/aromatic N) is 2. The van der Waals surface area contributed by atoms with E-state index in [1.165, 1.54) is 12.1 Å². The van der Waals surface area contributed by atoms with Crippen LogP contribution in [0.1, 0.15) is 11.3 Å². The fraction of sp³-hybridized carbons (Fsp3) is 0.0435. The third-order valence-electron chi connectivity index (χ3n) is 4.51. The zero-order valence-electron chi connectivity index (χ0n) is 14.5. The lowest BCUT2D eigenvalue weighted by molar-refractivity contribution is -0.107. The van der Waals surface area contributed by atoms with Crippen LogP contribution in [-0.2, 0) is 4.79 Å². The second kappa shape index (κ2) is 7.38. The molecule has 0 fully saturated rings. The van der Waals surface area contributed by atoms with Gasteiger partial charge < -0.3 is 9.69 Å². The lowest BCUT2D eigenvalue weighted by Crippen LogP contribution is -2.35. The second-order valence-corrected chi connectivity index (χ2v) is 6.23. The van der Waals surface area contributed by atoms with Gasteiger partial charge in [-0.2, -0.15) is 0 Å². The third kappa shape index (κ3) is 3.42. The van der Waals surface area contributed by atoms with Gasteiger partial charge in [0.15, 0.2) is 0 Å². The molecule has 2 heterocycles. The molecule has 0 N–H and O–H groups in total. The number of rotatable bonds is 4. The van der Waals surface area contributed by atoms with E-state index in [0.29, 0.717) is 5.69 Å². The molecule has 0 radical (unpaired) electrons. The average molecular weight is 356 g/mol. The molecule has 1 atom stereocenters. The molecule has 2 aromatic carbocycles. The Morgan fingerprint density at radius 2 is 1.78 bits per heavy atom. The molecule has 1 aromatic heterocycles. The fourth-order valence-electron chi connectivity index (χ4n) is 3.24. The van der Waals surface area contributed by atoms with Crippen LogP contribution in [0.3, 0.4) is 0 Å². The van der Waals surface area contributed by atoms with Crippen molar-refractivity contribution in [1.82, 2.24) is 4.98 Å². The normalized spacial score (nSPS) is 16.5.